The molecule has 1 aliphatic heterocycles. The fourth-order valence-corrected chi connectivity index (χ4v) is 4.11. The zero-order valence-corrected chi connectivity index (χ0v) is 16.3. The predicted octanol–water partition coefficient (Wildman–Crippen LogP) is 3.78. The van der Waals surface area contributed by atoms with E-state index in [1.54, 1.807) is 0 Å². The van der Waals surface area contributed by atoms with Gasteiger partial charge in [-0.15, -0.1) is 11.8 Å². The van der Waals surface area contributed by atoms with Crippen molar-refractivity contribution in [1.82, 2.24) is 0 Å². The molecule has 0 spiro atoms. The van der Waals surface area contributed by atoms with Crippen LogP contribution in [-0.4, -0.2) is 36.3 Å². The summed E-state index contributed by atoms with van der Waals surface area (Å²) in [6.45, 7) is 1.78. The SMILES string of the molecule is CC(=O)OC[C@H]1OC=C(C=O)[C@H](Sc2ccccc2)[C@H]1OCc1ccccc1. The van der Waals surface area contributed by atoms with Gasteiger partial charge in [-0.1, -0.05) is 48.5 Å². The second kappa shape index (κ2) is 10.1. The summed E-state index contributed by atoms with van der Waals surface area (Å²) in [5.41, 5.74) is 1.52. The van der Waals surface area contributed by atoms with E-state index in [0.29, 0.717) is 12.2 Å². The van der Waals surface area contributed by atoms with Crippen molar-refractivity contribution >= 4 is 24.0 Å². The van der Waals surface area contributed by atoms with E-state index in [1.807, 2.05) is 60.7 Å². The van der Waals surface area contributed by atoms with Crippen LogP contribution >= 0.6 is 11.8 Å². The first-order chi connectivity index (χ1) is 13.7. The van der Waals surface area contributed by atoms with E-state index in [9.17, 15) is 9.59 Å². The molecular weight excluding hydrogens is 376 g/mol. The van der Waals surface area contributed by atoms with Gasteiger partial charge >= 0.3 is 5.97 Å². The fraction of sp³-hybridized carbons (Fsp3) is 0.273. The summed E-state index contributed by atoms with van der Waals surface area (Å²) in [5.74, 6) is -0.386. The number of benzene rings is 2. The van der Waals surface area contributed by atoms with Crippen molar-refractivity contribution in [3.8, 4) is 0 Å². The molecule has 146 valence electrons. The molecule has 2 aromatic carbocycles. The number of thioether (sulfide) groups is 1. The maximum absolute atomic E-state index is 11.7. The van der Waals surface area contributed by atoms with Gasteiger partial charge in [0.15, 0.2) is 6.10 Å². The Morgan fingerprint density at radius 2 is 1.79 bits per heavy atom. The average molecular weight is 398 g/mol. The van der Waals surface area contributed by atoms with Gasteiger partial charge in [-0.05, 0) is 17.7 Å². The molecule has 0 saturated heterocycles. The highest BCUT2D eigenvalue weighted by Gasteiger charge is 2.39. The molecule has 0 amide bonds. The van der Waals surface area contributed by atoms with Crippen molar-refractivity contribution < 1.29 is 23.8 Å². The van der Waals surface area contributed by atoms with Crippen molar-refractivity contribution in [1.29, 1.82) is 0 Å². The minimum atomic E-state index is -0.502. The number of carbonyl (C=O) groups is 2. The van der Waals surface area contributed by atoms with Gasteiger partial charge in [-0.3, -0.25) is 9.59 Å². The molecule has 0 N–H and O–H groups in total. The summed E-state index contributed by atoms with van der Waals surface area (Å²) >= 11 is 1.53. The van der Waals surface area contributed by atoms with Gasteiger partial charge in [0.2, 0.25) is 0 Å². The average Bonchev–Trinajstić information content (AvgIpc) is 2.73. The van der Waals surface area contributed by atoms with Crippen LogP contribution in [0.25, 0.3) is 0 Å². The Morgan fingerprint density at radius 1 is 1.11 bits per heavy atom. The van der Waals surface area contributed by atoms with E-state index in [0.717, 1.165) is 16.7 Å². The quantitative estimate of drug-likeness (QED) is 0.498. The topological polar surface area (TPSA) is 61.8 Å². The lowest BCUT2D eigenvalue weighted by Gasteiger charge is -2.36. The Kier molecular flexibility index (Phi) is 7.28. The summed E-state index contributed by atoms with van der Waals surface area (Å²) < 4.78 is 17.0. The second-order valence-electron chi connectivity index (χ2n) is 6.33. The molecule has 3 atom stereocenters. The first kappa shape index (κ1) is 20.2. The third-order valence-corrected chi connectivity index (χ3v) is 5.59. The Bertz CT molecular complexity index is 806. The zero-order chi connectivity index (χ0) is 19.8. The molecule has 0 aliphatic carbocycles. The normalized spacial score (nSPS) is 21.3. The molecule has 6 heteroatoms. The molecule has 2 aromatic rings. The van der Waals surface area contributed by atoms with Crippen LogP contribution in [0.4, 0.5) is 0 Å². The molecule has 0 aromatic heterocycles. The molecule has 28 heavy (non-hydrogen) atoms. The fourth-order valence-electron chi connectivity index (χ4n) is 2.87. The third-order valence-electron chi connectivity index (χ3n) is 4.25. The number of esters is 1. The maximum atomic E-state index is 11.7. The minimum Gasteiger partial charge on any atom is -0.491 e. The summed E-state index contributed by atoms with van der Waals surface area (Å²) in [6.07, 6.45) is 1.28. The van der Waals surface area contributed by atoms with Gasteiger partial charge in [0, 0.05) is 17.4 Å². The standard InChI is InChI=1S/C22H22O5S/c1-16(24)25-15-20-21(27-13-17-8-4-2-5-9-17)22(18(12-23)14-26-20)28-19-10-6-3-7-11-19/h2-12,14,20-22H,13,15H2,1H3/t20-,21+,22+/m1/s1. The van der Waals surface area contributed by atoms with Crippen LogP contribution in [0.15, 0.2) is 77.4 Å². The van der Waals surface area contributed by atoms with Gasteiger partial charge in [-0.2, -0.15) is 0 Å². The molecule has 0 radical (unpaired) electrons. The largest absolute Gasteiger partial charge is 0.491 e. The van der Waals surface area contributed by atoms with Crippen molar-refractivity contribution in [3.05, 3.63) is 78.1 Å². The Morgan fingerprint density at radius 3 is 2.43 bits per heavy atom. The zero-order valence-electron chi connectivity index (χ0n) is 15.5. The summed E-state index contributed by atoms with van der Waals surface area (Å²) in [6, 6.07) is 19.6. The Balaban J connectivity index is 1.82. The number of rotatable bonds is 8. The summed E-state index contributed by atoms with van der Waals surface area (Å²) in [4.78, 5) is 23.9. The van der Waals surface area contributed by atoms with Crippen LogP contribution in [0.1, 0.15) is 12.5 Å². The van der Waals surface area contributed by atoms with Crippen LogP contribution in [0.5, 0.6) is 0 Å². The summed E-state index contributed by atoms with van der Waals surface area (Å²) in [5, 5.41) is -0.280. The van der Waals surface area contributed by atoms with Crippen LogP contribution in [0, 0.1) is 0 Å². The molecular formula is C22H22O5S. The highest BCUT2D eigenvalue weighted by Crippen LogP contribution is 2.36. The van der Waals surface area contributed by atoms with Crippen molar-refractivity contribution in [2.45, 2.75) is 35.9 Å². The molecule has 0 unspecified atom stereocenters. The second-order valence-corrected chi connectivity index (χ2v) is 7.54. The number of carbonyl (C=O) groups excluding carboxylic acids is 2. The smallest absolute Gasteiger partial charge is 0.302 e. The first-order valence-electron chi connectivity index (χ1n) is 8.98. The number of hydrogen-bond donors (Lipinski definition) is 0. The lowest BCUT2D eigenvalue weighted by molar-refractivity contribution is -0.149. The molecule has 0 saturated carbocycles. The van der Waals surface area contributed by atoms with E-state index in [1.165, 1.54) is 24.9 Å². The van der Waals surface area contributed by atoms with Gasteiger partial charge < -0.3 is 14.2 Å². The van der Waals surface area contributed by atoms with E-state index in [2.05, 4.69) is 0 Å². The van der Waals surface area contributed by atoms with E-state index in [4.69, 9.17) is 14.2 Å². The van der Waals surface area contributed by atoms with Gasteiger partial charge in [-0.25, -0.2) is 0 Å². The van der Waals surface area contributed by atoms with Crippen LogP contribution < -0.4 is 0 Å². The first-order valence-corrected chi connectivity index (χ1v) is 9.86. The van der Waals surface area contributed by atoms with Gasteiger partial charge in [0.1, 0.15) is 19.0 Å². The van der Waals surface area contributed by atoms with E-state index < -0.39 is 12.2 Å². The predicted molar refractivity (Wildman–Crippen MR) is 107 cm³/mol. The highest BCUT2D eigenvalue weighted by atomic mass is 32.2. The lowest BCUT2D eigenvalue weighted by atomic mass is 10.0. The number of ether oxygens (including phenoxy) is 3. The van der Waals surface area contributed by atoms with E-state index >= 15 is 0 Å². The molecule has 0 fully saturated rings. The molecule has 1 heterocycles. The van der Waals surface area contributed by atoms with Crippen molar-refractivity contribution in [2.75, 3.05) is 6.61 Å². The van der Waals surface area contributed by atoms with Crippen LogP contribution in [0.3, 0.4) is 0 Å². The van der Waals surface area contributed by atoms with Crippen molar-refractivity contribution in [2.24, 2.45) is 0 Å². The van der Waals surface area contributed by atoms with E-state index in [-0.39, 0.29) is 17.8 Å². The molecule has 0 bridgehead atoms. The molecule has 1 aliphatic rings. The third kappa shape index (κ3) is 5.47. The monoisotopic (exact) mass is 398 g/mol. The molecule has 5 nitrogen and oxygen atoms in total. The molecule has 3 rings (SSSR count). The van der Waals surface area contributed by atoms with Crippen molar-refractivity contribution in [3.63, 3.8) is 0 Å². The Hall–Kier alpha value is -2.57. The van der Waals surface area contributed by atoms with Gasteiger partial charge in [0.25, 0.3) is 0 Å². The number of aldehydes is 1. The number of hydrogen-bond acceptors (Lipinski definition) is 6. The van der Waals surface area contributed by atoms with Crippen LogP contribution in [0.2, 0.25) is 0 Å². The van der Waals surface area contributed by atoms with Crippen LogP contribution in [-0.2, 0) is 30.4 Å². The highest BCUT2D eigenvalue weighted by molar-refractivity contribution is 8.00. The summed E-state index contributed by atoms with van der Waals surface area (Å²) in [7, 11) is 0. The van der Waals surface area contributed by atoms with Gasteiger partial charge in [0.05, 0.1) is 18.1 Å². The maximum Gasteiger partial charge on any atom is 0.302 e. The minimum absolute atomic E-state index is 0.0588. The Labute approximate surface area is 168 Å². The lowest BCUT2D eigenvalue weighted by Crippen LogP contribution is -2.46.